The molecule has 6 heteroatoms. The van der Waals surface area contributed by atoms with E-state index < -0.39 is 0 Å². The molecule has 4 nitrogen and oxygen atoms in total. The van der Waals surface area contributed by atoms with Crippen LogP contribution in [0.5, 0.6) is 0 Å². The molecular formula is C19H21Cl2N3O. The first-order valence-electron chi connectivity index (χ1n) is 8.32. The van der Waals surface area contributed by atoms with E-state index in [0.717, 1.165) is 31.9 Å². The lowest BCUT2D eigenvalue weighted by Crippen LogP contribution is -2.48. The summed E-state index contributed by atoms with van der Waals surface area (Å²) in [5.74, 6) is -0.241. The normalized spacial score (nSPS) is 18.1. The molecule has 2 aromatic carbocycles. The Labute approximate surface area is 158 Å². The van der Waals surface area contributed by atoms with Crippen LogP contribution in [0.4, 0.5) is 5.69 Å². The van der Waals surface area contributed by atoms with Gasteiger partial charge in [0.15, 0.2) is 0 Å². The highest BCUT2D eigenvalue weighted by Crippen LogP contribution is 2.22. The summed E-state index contributed by atoms with van der Waals surface area (Å²) in [4.78, 5) is 14.8. The molecule has 0 saturated carbocycles. The molecule has 25 heavy (non-hydrogen) atoms. The second kappa shape index (κ2) is 8.19. The van der Waals surface area contributed by atoms with Gasteiger partial charge in [0.2, 0.25) is 0 Å². The minimum Gasteiger partial charge on any atom is -0.322 e. The van der Waals surface area contributed by atoms with Crippen LogP contribution in [0.25, 0.3) is 0 Å². The lowest BCUT2D eigenvalue weighted by molar-refractivity contribution is 0.102. The average Bonchev–Trinajstić information content (AvgIpc) is 2.55. The van der Waals surface area contributed by atoms with Gasteiger partial charge in [-0.3, -0.25) is 9.69 Å². The van der Waals surface area contributed by atoms with E-state index in [4.69, 9.17) is 23.2 Å². The van der Waals surface area contributed by atoms with Crippen LogP contribution >= 0.6 is 23.2 Å². The number of piperazine rings is 1. The average molecular weight is 378 g/mol. The summed E-state index contributed by atoms with van der Waals surface area (Å²) in [6, 6.07) is 13.3. The van der Waals surface area contributed by atoms with Crippen LogP contribution in [0.15, 0.2) is 42.5 Å². The zero-order valence-electron chi connectivity index (χ0n) is 14.1. The van der Waals surface area contributed by atoms with E-state index >= 15 is 0 Å². The SMILES string of the molecule is C[C@H]1CN(Cc2cccc(NC(=O)c3ccc(Cl)cc3Cl)c2)CCN1. The molecule has 3 rings (SSSR count). The van der Waals surface area contributed by atoms with Crippen molar-refractivity contribution in [1.82, 2.24) is 10.2 Å². The number of rotatable bonds is 4. The number of anilines is 1. The Bertz CT molecular complexity index is 766. The molecule has 1 aliphatic heterocycles. The van der Waals surface area contributed by atoms with Crippen molar-refractivity contribution >= 4 is 34.8 Å². The molecule has 1 atom stereocenters. The largest absolute Gasteiger partial charge is 0.322 e. The van der Waals surface area contributed by atoms with Crippen LogP contribution in [0.2, 0.25) is 10.0 Å². The van der Waals surface area contributed by atoms with E-state index in [1.54, 1.807) is 18.2 Å². The Balaban J connectivity index is 1.67. The first kappa shape index (κ1) is 18.2. The van der Waals surface area contributed by atoms with Crippen molar-refractivity contribution in [3.8, 4) is 0 Å². The van der Waals surface area contributed by atoms with Crippen LogP contribution < -0.4 is 10.6 Å². The minimum atomic E-state index is -0.241. The van der Waals surface area contributed by atoms with Gasteiger partial charge in [-0.1, -0.05) is 35.3 Å². The molecule has 1 amide bonds. The number of hydrogen-bond acceptors (Lipinski definition) is 3. The van der Waals surface area contributed by atoms with Crippen LogP contribution in [0, 0.1) is 0 Å². The Morgan fingerprint density at radius 2 is 2.12 bits per heavy atom. The molecule has 0 unspecified atom stereocenters. The molecule has 1 saturated heterocycles. The molecule has 0 bridgehead atoms. The maximum atomic E-state index is 12.4. The first-order chi connectivity index (χ1) is 12.0. The van der Waals surface area contributed by atoms with Crippen molar-refractivity contribution in [1.29, 1.82) is 0 Å². The van der Waals surface area contributed by atoms with Crippen LogP contribution in [0.1, 0.15) is 22.8 Å². The second-order valence-corrected chi connectivity index (χ2v) is 7.21. The van der Waals surface area contributed by atoms with Crippen molar-refractivity contribution in [2.45, 2.75) is 19.5 Å². The number of carbonyl (C=O) groups excluding carboxylic acids is 1. The molecule has 132 valence electrons. The Hall–Kier alpha value is -1.59. The van der Waals surface area contributed by atoms with Crippen molar-refractivity contribution in [3.05, 3.63) is 63.6 Å². The minimum absolute atomic E-state index is 0.241. The molecule has 1 aliphatic rings. The summed E-state index contributed by atoms with van der Waals surface area (Å²) in [5, 5.41) is 7.20. The van der Waals surface area contributed by atoms with Gasteiger partial charge >= 0.3 is 0 Å². The second-order valence-electron chi connectivity index (χ2n) is 6.37. The summed E-state index contributed by atoms with van der Waals surface area (Å²) in [7, 11) is 0. The zero-order valence-corrected chi connectivity index (χ0v) is 15.6. The van der Waals surface area contributed by atoms with Gasteiger partial charge in [-0.15, -0.1) is 0 Å². The summed E-state index contributed by atoms with van der Waals surface area (Å²) in [6.45, 7) is 6.13. The van der Waals surface area contributed by atoms with Crippen molar-refractivity contribution in [2.75, 3.05) is 25.0 Å². The number of hydrogen-bond donors (Lipinski definition) is 2. The number of carbonyl (C=O) groups is 1. The Morgan fingerprint density at radius 1 is 1.28 bits per heavy atom. The lowest BCUT2D eigenvalue weighted by atomic mass is 10.1. The van der Waals surface area contributed by atoms with Gasteiger partial charge in [0.05, 0.1) is 10.6 Å². The molecule has 0 aliphatic carbocycles. The van der Waals surface area contributed by atoms with Crippen molar-refractivity contribution in [2.24, 2.45) is 0 Å². The topological polar surface area (TPSA) is 44.4 Å². The third kappa shape index (κ3) is 4.95. The number of nitrogens with zero attached hydrogens (tertiary/aromatic N) is 1. The smallest absolute Gasteiger partial charge is 0.257 e. The molecular weight excluding hydrogens is 357 g/mol. The van der Waals surface area contributed by atoms with E-state index in [-0.39, 0.29) is 5.91 Å². The van der Waals surface area contributed by atoms with Gasteiger partial charge in [-0.25, -0.2) is 0 Å². The maximum absolute atomic E-state index is 12.4. The van der Waals surface area contributed by atoms with Gasteiger partial charge in [0.1, 0.15) is 0 Å². The van der Waals surface area contributed by atoms with Crippen LogP contribution in [0.3, 0.4) is 0 Å². The van der Waals surface area contributed by atoms with Gasteiger partial charge in [0.25, 0.3) is 5.91 Å². The van der Waals surface area contributed by atoms with E-state index in [9.17, 15) is 4.79 Å². The monoisotopic (exact) mass is 377 g/mol. The predicted molar refractivity (Wildman–Crippen MR) is 104 cm³/mol. The molecule has 0 aromatic heterocycles. The molecule has 1 fully saturated rings. The number of amides is 1. The van der Waals surface area contributed by atoms with Crippen molar-refractivity contribution < 1.29 is 4.79 Å². The standard InChI is InChI=1S/C19H21Cl2N3O/c1-13-11-24(8-7-22-13)12-14-3-2-4-16(9-14)23-19(25)17-6-5-15(20)10-18(17)21/h2-6,9-10,13,22H,7-8,11-12H2,1H3,(H,23,25)/t13-/m0/s1. The van der Waals surface area contributed by atoms with E-state index in [1.165, 1.54) is 5.56 Å². The van der Waals surface area contributed by atoms with Gasteiger partial charge in [0, 0.05) is 42.9 Å². The Kier molecular flexibility index (Phi) is 5.97. The molecule has 1 heterocycles. The quantitative estimate of drug-likeness (QED) is 0.844. The highest BCUT2D eigenvalue weighted by atomic mass is 35.5. The third-order valence-corrected chi connectivity index (χ3v) is 4.77. The molecule has 2 aromatic rings. The Morgan fingerprint density at radius 3 is 2.88 bits per heavy atom. The van der Waals surface area contributed by atoms with Crippen LogP contribution in [-0.4, -0.2) is 36.5 Å². The fraction of sp³-hybridized carbons (Fsp3) is 0.316. The summed E-state index contributed by atoms with van der Waals surface area (Å²) in [5.41, 5.74) is 2.35. The number of benzene rings is 2. The van der Waals surface area contributed by atoms with Crippen molar-refractivity contribution in [3.63, 3.8) is 0 Å². The van der Waals surface area contributed by atoms with Gasteiger partial charge < -0.3 is 10.6 Å². The van der Waals surface area contributed by atoms with Gasteiger partial charge in [-0.2, -0.15) is 0 Å². The summed E-state index contributed by atoms with van der Waals surface area (Å²) < 4.78 is 0. The summed E-state index contributed by atoms with van der Waals surface area (Å²) >= 11 is 12.0. The number of nitrogens with one attached hydrogen (secondary N) is 2. The predicted octanol–water partition coefficient (Wildman–Crippen LogP) is 4.04. The van der Waals surface area contributed by atoms with Crippen LogP contribution in [-0.2, 0) is 6.54 Å². The number of halogens is 2. The fourth-order valence-electron chi connectivity index (χ4n) is 3.03. The van der Waals surface area contributed by atoms with Gasteiger partial charge in [-0.05, 0) is 42.8 Å². The van der Waals surface area contributed by atoms with E-state index in [2.05, 4.69) is 28.5 Å². The highest BCUT2D eigenvalue weighted by Gasteiger charge is 2.16. The molecule has 0 spiro atoms. The maximum Gasteiger partial charge on any atom is 0.257 e. The summed E-state index contributed by atoms with van der Waals surface area (Å²) in [6.07, 6.45) is 0. The zero-order chi connectivity index (χ0) is 17.8. The first-order valence-corrected chi connectivity index (χ1v) is 9.08. The molecule has 0 radical (unpaired) electrons. The molecule has 2 N–H and O–H groups in total. The highest BCUT2D eigenvalue weighted by molar-refractivity contribution is 6.37. The van der Waals surface area contributed by atoms with E-state index in [1.807, 2.05) is 18.2 Å². The fourth-order valence-corrected chi connectivity index (χ4v) is 3.53. The van der Waals surface area contributed by atoms with E-state index in [0.29, 0.717) is 21.7 Å². The third-order valence-electron chi connectivity index (χ3n) is 4.22. The lowest BCUT2D eigenvalue weighted by Gasteiger charge is -2.31.